The van der Waals surface area contributed by atoms with Crippen LogP contribution in [0.15, 0.2) is 32.6 Å². The first-order valence-corrected chi connectivity index (χ1v) is 10.5. The molecule has 31 heavy (non-hydrogen) atoms. The highest BCUT2D eigenvalue weighted by molar-refractivity contribution is 7.09. The number of hydrogen-bond acceptors (Lipinski definition) is 10. The minimum absolute atomic E-state index is 0.0475. The molecule has 0 saturated carbocycles. The zero-order valence-corrected chi connectivity index (χ0v) is 17.6. The second kappa shape index (κ2) is 9.01. The summed E-state index contributed by atoms with van der Waals surface area (Å²) in [6.07, 6.45) is 1.55. The molecule has 0 spiro atoms. The number of aryl methyl sites for hydroxylation is 1. The highest BCUT2D eigenvalue weighted by Gasteiger charge is 2.27. The number of piperazine rings is 1. The van der Waals surface area contributed by atoms with E-state index in [-0.39, 0.29) is 30.5 Å². The number of anilines is 1. The first-order chi connectivity index (χ1) is 15.0. The van der Waals surface area contributed by atoms with Crippen LogP contribution in [0.25, 0.3) is 11.7 Å². The van der Waals surface area contributed by atoms with Gasteiger partial charge in [-0.15, -0.1) is 11.3 Å². The van der Waals surface area contributed by atoms with Crippen LogP contribution in [0.2, 0.25) is 0 Å². The molecule has 0 unspecified atom stereocenters. The van der Waals surface area contributed by atoms with Gasteiger partial charge in [-0.1, -0.05) is 0 Å². The first-order valence-electron chi connectivity index (χ1n) is 9.57. The highest BCUT2D eigenvalue weighted by atomic mass is 32.1. The van der Waals surface area contributed by atoms with Crippen LogP contribution >= 0.6 is 11.3 Å². The van der Waals surface area contributed by atoms with Gasteiger partial charge >= 0.3 is 5.97 Å². The van der Waals surface area contributed by atoms with Gasteiger partial charge in [0.05, 0.1) is 23.4 Å². The van der Waals surface area contributed by atoms with Gasteiger partial charge in [-0.3, -0.25) is 9.59 Å². The molecule has 0 atom stereocenters. The largest absolute Gasteiger partial charge is 0.459 e. The van der Waals surface area contributed by atoms with E-state index < -0.39 is 5.97 Å². The number of esters is 1. The predicted octanol–water partition coefficient (Wildman–Crippen LogP) is 2.01. The van der Waals surface area contributed by atoms with Crippen molar-refractivity contribution in [3.8, 4) is 17.7 Å². The Labute approximate surface area is 181 Å². The van der Waals surface area contributed by atoms with Crippen LogP contribution in [-0.4, -0.2) is 59.5 Å². The van der Waals surface area contributed by atoms with Crippen LogP contribution in [0.4, 0.5) is 5.88 Å². The second-order valence-electron chi connectivity index (χ2n) is 6.83. The summed E-state index contributed by atoms with van der Waals surface area (Å²) in [5, 5.41) is 12.1. The average molecular weight is 441 g/mol. The Hall–Kier alpha value is -3.65. The van der Waals surface area contributed by atoms with E-state index in [1.165, 1.54) is 17.6 Å². The van der Waals surface area contributed by atoms with E-state index >= 15 is 0 Å². The monoisotopic (exact) mass is 441 g/mol. The summed E-state index contributed by atoms with van der Waals surface area (Å²) in [6, 6.07) is 5.44. The molecule has 1 aliphatic rings. The van der Waals surface area contributed by atoms with Crippen LogP contribution in [0.3, 0.4) is 0 Å². The fraction of sp³-hybridized carbons (Fsp3) is 0.350. The van der Waals surface area contributed by atoms with E-state index in [2.05, 4.69) is 9.97 Å². The molecule has 4 rings (SSSR count). The zero-order chi connectivity index (χ0) is 21.8. The summed E-state index contributed by atoms with van der Waals surface area (Å²) in [5.74, 6) is 0.273. The standard InChI is InChI=1S/C20H19N5O5S/c1-13-22-14(12-31-13)9-18(27)29-11-17(26)24-4-6-25(7-5-24)20-15(10-21)23-19(30-20)16-3-2-8-28-16/h2-3,8,12H,4-7,9,11H2,1H3. The van der Waals surface area contributed by atoms with E-state index in [1.807, 2.05) is 17.9 Å². The molecule has 1 fully saturated rings. The number of rotatable bonds is 6. The topological polar surface area (TPSA) is 126 Å². The van der Waals surface area contributed by atoms with Crippen LogP contribution in [0.5, 0.6) is 0 Å². The molecule has 0 N–H and O–H groups in total. The maximum atomic E-state index is 12.4. The Morgan fingerprint density at radius 1 is 1.29 bits per heavy atom. The summed E-state index contributed by atoms with van der Waals surface area (Å²) in [7, 11) is 0. The molecule has 0 aromatic carbocycles. The predicted molar refractivity (Wildman–Crippen MR) is 109 cm³/mol. The summed E-state index contributed by atoms with van der Waals surface area (Å²) in [6.45, 7) is 3.28. The molecule has 3 aromatic rings. The van der Waals surface area contributed by atoms with Crippen LogP contribution in [-0.2, 0) is 20.7 Å². The summed E-state index contributed by atoms with van der Waals surface area (Å²) >= 11 is 1.46. The molecular formula is C20H19N5O5S. The number of carbonyl (C=O) groups excluding carboxylic acids is 2. The molecule has 1 saturated heterocycles. The molecule has 4 heterocycles. The van der Waals surface area contributed by atoms with Crippen molar-refractivity contribution < 1.29 is 23.2 Å². The number of nitrogens with zero attached hydrogens (tertiary/aromatic N) is 5. The number of furan rings is 1. The molecule has 1 aliphatic heterocycles. The highest BCUT2D eigenvalue weighted by Crippen LogP contribution is 2.29. The zero-order valence-electron chi connectivity index (χ0n) is 16.7. The maximum absolute atomic E-state index is 12.4. The molecule has 160 valence electrons. The number of hydrogen-bond donors (Lipinski definition) is 0. The number of aromatic nitrogens is 2. The molecule has 0 aliphatic carbocycles. The van der Waals surface area contributed by atoms with Gasteiger partial charge < -0.3 is 23.4 Å². The first kappa shape index (κ1) is 20.6. The Morgan fingerprint density at radius 3 is 2.74 bits per heavy atom. The second-order valence-corrected chi connectivity index (χ2v) is 7.89. The van der Waals surface area contributed by atoms with Gasteiger partial charge in [0.2, 0.25) is 11.6 Å². The molecule has 11 heteroatoms. The lowest BCUT2D eigenvalue weighted by molar-refractivity contribution is -0.151. The normalized spacial score (nSPS) is 13.8. The van der Waals surface area contributed by atoms with Crippen molar-refractivity contribution in [2.75, 3.05) is 37.7 Å². The van der Waals surface area contributed by atoms with Crippen molar-refractivity contribution in [1.29, 1.82) is 5.26 Å². The summed E-state index contributed by atoms with van der Waals surface area (Å²) in [5.41, 5.74) is 0.806. The van der Waals surface area contributed by atoms with Crippen molar-refractivity contribution in [2.24, 2.45) is 0 Å². The average Bonchev–Trinajstić information content (AvgIpc) is 3.53. The minimum Gasteiger partial charge on any atom is -0.459 e. The van der Waals surface area contributed by atoms with Crippen molar-refractivity contribution in [1.82, 2.24) is 14.9 Å². The third-order valence-electron chi connectivity index (χ3n) is 4.72. The molecule has 3 aromatic heterocycles. The number of amides is 1. The number of ether oxygens (including phenoxy) is 1. The molecular weight excluding hydrogens is 422 g/mol. The van der Waals surface area contributed by atoms with Gasteiger partial charge in [0.1, 0.15) is 6.07 Å². The van der Waals surface area contributed by atoms with E-state index in [9.17, 15) is 14.9 Å². The van der Waals surface area contributed by atoms with Crippen molar-refractivity contribution >= 4 is 29.1 Å². The lowest BCUT2D eigenvalue weighted by atomic mass is 10.3. The molecule has 0 bridgehead atoms. The fourth-order valence-electron chi connectivity index (χ4n) is 3.19. The van der Waals surface area contributed by atoms with Crippen LogP contribution in [0, 0.1) is 18.3 Å². The van der Waals surface area contributed by atoms with E-state index in [0.717, 1.165) is 5.01 Å². The van der Waals surface area contributed by atoms with Gasteiger partial charge in [0.25, 0.3) is 11.8 Å². The lowest BCUT2D eigenvalue weighted by Gasteiger charge is -2.34. The molecule has 0 radical (unpaired) electrons. The lowest BCUT2D eigenvalue weighted by Crippen LogP contribution is -2.50. The summed E-state index contributed by atoms with van der Waals surface area (Å²) in [4.78, 5) is 36.2. The molecule has 1 amide bonds. The number of thiazole rings is 1. The van der Waals surface area contributed by atoms with Gasteiger partial charge in [0, 0.05) is 31.6 Å². The van der Waals surface area contributed by atoms with Gasteiger partial charge in [0.15, 0.2) is 12.4 Å². The van der Waals surface area contributed by atoms with Gasteiger partial charge in [-0.2, -0.15) is 10.2 Å². The van der Waals surface area contributed by atoms with E-state index in [4.69, 9.17) is 13.6 Å². The number of nitriles is 1. The third kappa shape index (κ3) is 4.75. The third-order valence-corrected chi connectivity index (χ3v) is 5.54. The van der Waals surface area contributed by atoms with E-state index in [1.54, 1.807) is 22.4 Å². The van der Waals surface area contributed by atoms with Gasteiger partial charge in [-0.05, 0) is 19.1 Å². The van der Waals surface area contributed by atoms with Crippen molar-refractivity contribution in [3.63, 3.8) is 0 Å². The Morgan fingerprint density at radius 2 is 2.10 bits per heavy atom. The smallest absolute Gasteiger partial charge is 0.312 e. The Kier molecular flexibility index (Phi) is 5.99. The van der Waals surface area contributed by atoms with Gasteiger partial charge in [-0.25, -0.2) is 4.98 Å². The Balaban J connectivity index is 1.29. The van der Waals surface area contributed by atoms with Crippen molar-refractivity contribution in [2.45, 2.75) is 13.3 Å². The number of carbonyl (C=O) groups is 2. The van der Waals surface area contributed by atoms with E-state index in [0.29, 0.717) is 43.5 Å². The van der Waals surface area contributed by atoms with Crippen molar-refractivity contribution in [3.05, 3.63) is 40.2 Å². The maximum Gasteiger partial charge on any atom is 0.312 e. The number of oxazole rings is 1. The Bertz CT molecular complexity index is 1110. The molecule has 10 nitrogen and oxygen atoms in total. The minimum atomic E-state index is -0.483. The quantitative estimate of drug-likeness (QED) is 0.528. The fourth-order valence-corrected chi connectivity index (χ4v) is 3.80. The summed E-state index contributed by atoms with van der Waals surface area (Å²) < 4.78 is 16.1. The SMILES string of the molecule is Cc1nc(CC(=O)OCC(=O)N2CCN(c3oc(-c4ccco4)nc3C#N)CC2)cs1. The van der Waals surface area contributed by atoms with Crippen LogP contribution in [0.1, 0.15) is 16.4 Å². The van der Waals surface area contributed by atoms with Crippen LogP contribution < -0.4 is 4.90 Å².